The van der Waals surface area contributed by atoms with Crippen molar-refractivity contribution < 1.29 is 9.52 Å². The van der Waals surface area contributed by atoms with Crippen LogP contribution in [0, 0.1) is 0 Å². The Morgan fingerprint density at radius 1 is 1.35 bits per heavy atom. The van der Waals surface area contributed by atoms with E-state index in [1.54, 1.807) is 0 Å². The highest BCUT2D eigenvalue weighted by Crippen LogP contribution is 2.32. The van der Waals surface area contributed by atoms with E-state index in [1.807, 2.05) is 12.1 Å². The molecule has 2 aromatic rings. The Morgan fingerprint density at radius 3 is 2.80 bits per heavy atom. The standard InChI is InChI=1S/C14H16BrN3O2/c15-11-4-1-8(7-19)12-13(11)20-14(17-12)18-5-9-2-3-10(6-18)16-9/h1,4,9-10,16,19H,2-3,5-7H2. The summed E-state index contributed by atoms with van der Waals surface area (Å²) in [6.07, 6.45) is 2.46. The number of anilines is 1. The smallest absolute Gasteiger partial charge is 0.298 e. The SMILES string of the molecule is OCc1ccc(Br)c2oc(N3CC4CCC(C3)N4)nc12. The summed E-state index contributed by atoms with van der Waals surface area (Å²) < 4.78 is 6.81. The predicted molar refractivity (Wildman–Crippen MR) is 79.8 cm³/mol. The fourth-order valence-electron chi connectivity index (χ4n) is 3.23. The highest BCUT2D eigenvalue weighted by molar-refractivity contribution is 9.10. The van der Waals surface area contributed by atoms with Gasteiger partial charge in [-0.05, 0) is 34.8 Å². The Bertz CT molecular complexity index is 645. The lowest BCUT2D eigenvalue weighted by Gasteiger charge is -2.31. The molecule has 1 aromatic carbocycles. The topological polar surface area (TPSA) is 61.5 Å². The number of fused-ring (bicyclic) bond motifs is 3. The van der Waals surface area contributed by atoms with Crippen LogP contribution < -0.4 is 10.2 Å². The lowest BCUT2D eigenvalue weighted by atomic mass is 10.2. The molecule has 2 aliphatic rings. The van der Waals surface area contributed by atoms with Crippen molar-refractivity contribution in [3.05, 3.63) is 22.2 Å². The van der Waals surface area contributed by atoms with E-state index in [0.29, 0.717) is 18.1 Å². The molecule has 0 amide bonds. The van der Waals surface area contributed by atoms with E-state index in [-0.39, 0.29) is 6.61 Å². The molecule has 4 rings (SSSR count). The van der Waals surface area contributed by atoms with Crippen LogP contribution in [0.2, 0.25) is 0 Å². The summed E-state index contributed by atoms with van der Waals surface area (Å²) >= 11 is 3.49. The number of aliphatic hydroxyl groups is 1. The van der Waals surface area contributed by atoms with Gasteiger partial charge in [0.2, 0.25) is 0 Å². The maximum absolute atomic E-state index is 9.42. The Morgan fingerprint density at radius 2 is 2.10 bits per heavy atom. The normalized spacial score (nSPS) is 25.6. The molecule has 0 aliphatic carbocycles. The largest absolute Gasteiger partial charge is 0.422 e. The molecule has 6 heteroatoms. The van der Waals surface area contributed by atoms with E-state index < -0.39 is 0 Å². The first-order valence-electron chi connectivity index (χ1n) is 6.94. The zero-order valence-electron chi connectivity index (χ0n) is 11.0. The summed E-state index contributed by atoms with van der Waals surface area (Å²) in [7, 11) is 0. The van der Waals surface area contributed by atoms with E-state index in [9.17, 15) is 5.11 Å². The van der Waals surface area contributed by atoms with E-state index >= 15 is 0 Å². The van der Waals surface area contributed by atoms with Crippen molar-refractivity contribution in [1.82, 2.24) is 10.3 Å². The van der Waals surface area contributed by atoms with E-state index in [2.05, 4.69) is 31.1 Å². The second-order valence-corrected chi connectivity index (χ2v) is 6.44. The fourth-order valence-corrected chi connectivity index (χ4v) is 3.63. The van der Waals surface area contributed by atoms with Crippen molar-refractivity contribution in [1.29, 1.82) is 0 Å². The van der Waals surface area contributed by atoms with Gasteiger partial charge in [-0.25, -0.2) is 0 Å². The quantitative estimate of drug-likeness (QED) is 0.877. The van der Waals surface area contributed by atoms with E-state index in [4.69, 9.17) is 4.42 Å². The Balaban J connectivity index is 1.75. The summed E-state index contributed by atoms with van der Waals surface area (Å²) in [5, 5.41) is 13.0. The van der Waals surface area contributed by atoms with Crippen molar-refractivity contribution in [3.8, 4) is 0 Å². The molecule has 5 nitrogen and oxygen atoms in total. The number of nitrogens with zero attached hydrogens (tertiary/aromatic N) is 2. The molecule has 2 N–H and O–H groups in total. The molecule has 20 heavy (non-hydrogen) atoms. The van der Waals surface area contributed by atoms with Crippen molar-refractivity contribution in [3.63, 3.8) is 0 Å². The molecule has 1 aromatic heterocycles. The van der Waals surface area contributed by atoms with Crippen molar-refractivity contribution in [2.24, 2.45) is 0 Å². The number of hydrogen-bond acceptors (Lipinski definition) is 5. The minimum absolute atomic E-state index is 0.0252. The van der Waals surface area contributed by atoms with Gasteiger partial charge in [0.15, 0.2) is 5.58 Å². The molecule has 0 radical (unpaired) electrons. The summed E-state index contributed by atoms with van der Waals surface area (Å²) in [6.45, 7) is 1.85. The van der Waals surface area contributed by atoms with Gasteiger partial charge < -0.3 is 19.7 Å². The van der Waals surface area contributed by atoms with Crippen molar-refractivity contribution in [2.75, 3.05) is 18.0 Å². The van der Waals surface area contributed by atoms with Gasteiger partial charge in [-0.2, -0.15) is 4.98 Å². The Labute approximate surface area is 125 Å². The zero-order valence-corrected chi connectivity index (χ0v) is 12.6. The summed E-state index contributed by atoms with van der Waals surface area (Å²) in [5.74, 6) is 0. The van der Waals surface area contributed by atoms with Crippen LogP contribution in [0.25, 0.3) is 11.1 Å². The maximum atomic E-state index is 9.42. The van der Waals surface area contributed by atoms with Gasteiger partial charge in [-0.3, -0.25) is 0 Å². The van der Waals surface area contributed by atoms with E-state index in [1.165, 1.54) is 12.8 Å². The van der Waals surface area contributed by atoms with Crippen LogP contribution in [0.4, 0.5) is 6.01 Å². The second-order valence-electron chi connectivity index (χ2n) is 5.58. The van der Waals surface area contributed by atoms with Gasteiger partial charge in [0.25, 0.3) is 6.01 Å². The zero-order chi connectivity index (χ0) is 13.7. The predicted octanol–water partition coefficient (Wildman–Crippen LogP) is 2.02. The number of aromatic nitrogens is 1. The van der Waals surface area contributed by atoms with Crippen molar-refractivity contribution in [2.45, 2.75) is 31.5 Å². The molecule has 2 saturated heterocycles. The van der Waals surface area contributed by atoms with Crippen LogP contribution in [-0.4, -0.2) is 35.3 Å². The second kappa shape index (κ2) is 4.72. The number of halogens is 1. The molecule has 3 heterocycles. The monoisotopic (exact) mass is 337 g/mol. The number of benzene rings is 1. The summed E-state index contributed by atoms with van der Waals surface area (Å²) in [4.78, 5) is 6.82. The van der Waals surface area contributed by atoms with Crippen LogP contribution in [-0.2, 0) is 6.61 Å². The lowest BCUT2D eigenvalue weighted by molar-refractivity contribution is 0.283. The van der Waals surface area contributed by atoms with Gasteiger partial charge >= 0.3 is 0 Å². The molecule has 2 unspecified atom stereocenters. The van der Waals surface area contributed by atoms with Gasteiger partial charge in [-0.15, -0.1) is 0 Å². The average molecular weight is 338 g/mol. The fraction of sp³-hybridized carbons (Fsp3) is 0.500. The van der Waals surface area contributed by atoms with Gasteiger partial charge in [0.05, 0.1) is 11.1 Å². The van der Waals surface area contributed by atoms with Gasteiger partial charge in [0, 0.05) is 30.7 Å². The Kier molecular flexibility index (Phi) is 2.98. The van der Waals surface area contributed by atoms with Crippen LogP contribution >= 0.6 is 15.9 Å². The molecule has 0 spiro atoms. The number of rotatable bonds is 2. The van der Waals surface area contributed by atoms with Gasteiger partial charge in [0.1, 0.15) is 5.52 Å². The molecule has 0 saturated carbocycles. The first kappa shape index (κ1) is 12.6. The minimum atomic E-state index is -0.0252. The molecular weight excluding hydrogens is 322 g/mol. The molecule has 2 bridgehead atoms. The summed E-state index contributed by atoms with van der Waals surface area (Å²) in [5.41, 5.74) is 2.27. The van der Waals surface area contributed by atoms with Crippen LogP contribution in [0.5, 0.6) is 0 Å². The number of hydrogen-bond donors (Lipinski definition) is 2. The van der Waals surface area contributed by atoms with Crippen molar-refractivity contribution >= 4 is 33.0 Å². The molecule has 2 fully saturated rings. The van der Waals surface area contributed by atoms with E-state index in [0.717, 1.165) is 34.2 Å². The molecule has 2 atom stereocenters. The summed E-state index contributed by atoms with van der Waals surface area (Å²) in [6, 6.07) is 5.53. The first-order valence-corrected chi connectivity index (χ1v) is 7.73. The van der Waals surface area contributed by atoms with Crippen LogP contribution in [0.1, 0.15) is 18.4 Å². The van der Waals surface area contributed by atoms with Gasteiger partial charge in [-0.1, -0.05) is 6.07 Å². The third kappa shape index (κ3) is 1.94. The number of piperazine rings is 1. The third-order valence-corrected chi connectivity index (χ3v) is 4.85. The third-order valence-electron chi connectivity index (χ3n) is 4.23. The number of oxazole rings is 1. The Hall–Kier alpha value is -1.11. The lowest BCUT2D eigenvalue weighted by Crippen LogP contribution is -2.51. The maximum Gasteiger partial charge on any atom is 0.298 e. The molecular formula is C14H16BrN3O2. The highest BCUT2D eigenvalue weighted by Gasteiger charge is 2.34. The van der Waals surface area contributed by atoms with Crippen LogP contribution in [0.3, 0.4) is 0 Å². The first-order chi connectivity index (χ1) is 9.74. The van der Waals surface area contributed by atoms with Crippen LogP contribution in [0.15, 0.2) is 21.0 Å². The number of nitrogens with one attached hydrogen (secondary N) is 1. The molecule has 2 aliphatic heterocycles. The number of aliphatic hydroxyl groups excluding tert-OH is 1. The molecule has 106 valence electrons. The average Bonchev–Trinajstić information content (AvgIpc) is 3.04. The highest BCUT2D eigenvalue weighted by atomic mass is 79.9. The minimum Gasteiger partial charge on any atom is -0.422 e.